The summed E-state index contributed by atoms with van der Waals surface area (Å²) in [5, 5.41) is 3.65. The molecule has 17 heavy (non-hydrogen) atoms. The standard InChI is InChI=1S/C16H33N/c1-13(2)10-15-6-8-16(5,9-7-15)12-17-11-14(3)4/h13-15,17H,6-12H2,1-5H3. The summed E-state index contributed by atoms with van der Waals surface area (Å²) in [7, 11) is 0. The van der Waals surface area contributed by atoms with E-state index in [9.17, 15) is 0 Å². The zero-order valence-electron chi connectivity index (χ0n) is 12.7. The predicted octanol–water partition coefficient (Wildman–Crippen LogP) is 4.47. The van der Waals surface area contributed by atoms with Gasteiger partial charge in [0, 0.05) is 6.54 Å². The summed E-state index contributed by atoms with van der Waals surface area (Å²) in [4.78, 5) is 0. The number of nitrogens with one attached hydrogen (secondary N) is 1. The molecule has 1 aliphatic rings. The molecule has 0 aliphatic heterocycles. The Labute approximate surface area is 109 Å². The van der Waals surface area contributed by atoms with Crippen molar-refractivity contribution in [2.75, 3.05) is 13.1 Å². The first kappa shape index (κ1) is 15.0. The van der Waals surface area contributed by atoms with Gasteiger partial charge in [0.1, 0.15) is 0 Å². The zero-order chi connectivity index (χ0) is 12.9. The fourth-order valence-electron chi connectivity index (χ4n) is 3.12. The van der Waals surface area contributed by atoms with Crippen LogP contribution in [0.25, 0.3) is 0 Å². The summed E-state index contributed by atoms with van der Waals surface area (Å²) < 4.78 is 0. The van der Waals surface area contributed by atoms with Crippen molar-refractivity contribution in [3.63, 3.8) is 0 Å². The van der Waals surface area contributed by atoms with Gasteiger partial charge in [-0.05, 0) is 61.8 Å². The van der Waals surface area contributed by atoms with Crippen molar-refractivity contribution >= 4 is 0 Å². The molecule has 0 aromatic heterocycles. The van der Waals surface area contributed by atoms with Gasteiger partial charge in [0.15, 0.2) is 0 Å². The molecule has 1 nitrogen and oxygen atoms in total. The third kappa shape index (κ3) is 5.90. The van der Waals surface area contributed by atoms with Crippen LogP contribution in [0.4, 0.5) is 0 Å². The summed E-state index contributed by atoms with van der Waals surface area (Å²) in [6.07, 6.45) is 7.20. The monoisotopic (exact) mass is 239 g/mol. The average molecular weight is 239 g/mol. The van der Waals surface area contributed by atoms with Crippen molar-refractivity contribution in [2.45, 2.75) is 66.7 Å². The normalized spacial score (nSPS) is 30.2. The highest BCUT2D eigenvalue weighted by atomic mass is 14.9. The highest BCUT2D eigenvalue weighted by Crippen LogP contribution is 2.40. The van der Waals surface area contributed by atoms with Gasteiger partial charge in [-0.3, -0.25) is 0 Å². The van der Waals surface area contributed by atoms with Gasteiger partial charge in [0.2, 0.25) is 0 Å². The van der Waals surface area contributed by atoms with E-state index in [0.29, 0.717) is 5.41 Å². The summed E-state index contributed by atoms with van der Waals surface area (Å²) in [6, 6.07) is 0. The summed E-state index contributed by atoms with van der Waals surface area (Å²) in [6.45, 7) is 14.2. The Morgan fingerprint density at radius 3 is 2.12 bits per heavy atom. The van der Waals surface area contributed by atoms with Crippen LogP contribution < -0.4 is 5.32 Å². The van der Waals surface area contributed by atoms with Crippen LogP contribution in [0.5, 0.6) is 0 Å². The largest absolute Gasteiger partial charge is 0.316 e. The van der Waals surface area contributed by atoms with Crippen molar-refractivity contribution in [2.24, 2.45) is 23.2 Å². The predicted molar refractivity (Wildman–Crippen MR) is 77.2 cm³/mol. The Morgan fingerprint density at radius 1 is 1.06 bits per heavy atom. The maximum atomic E-state index is 3.65. The number of hydrogen-bond donors (Lipinski definition) is 1. The average Bonchev–Trinajstić information content (AvgIpc) is 2.21. The Morgan fingerprint density at radius 2 is 1.65 bits per heavy atom. The van der Waals surface area contributed by atoms with Gasteiger partial charge in [0.05, 0.1) is 0 Å². The SMILES string of the molecule is CC(C)CNCC1(C)CCC(CC(C)C)CC1. The van der Waals surface area contributed by atoms with Crippen molar-refractivity contribution in [1.82, 2.24) is 5.32 Å². The Hall–Kier alpha value is -0.0400. The van der Waals surface area contributed by atoms with E-state index >= 15 is 0 Å². The maximum absolute atomic E-state index is 3.65. The molecule has 0 unspecified atom stereocenters. The van der Waals surface area contributed by atoms with Crippen LogP contribution in [0.15, 0.2) is 0 Å². The molecule has 1 heteroatoms. The molecule has 1 N–H and O–H groups in total. The molecule has 0 heterocycles. The van der Waals surface area contributed by atoms with Crippen molar-refractivity contribution < 1.29 is 0 Å². The lowest BCUT2D eigenvalue weighted by Gasteiger charge is -2.38. The van der Waals surface area contributed by atoms with Crippen LogP contribution in [0.1, 0.15) is 66.7 Å². The van der Waals surface area contributed by atoms with Gasteiger partial charge in [-0.25, -0.2) is 0 Å². The van der Waals surface area contributed by atoms with Crippen LogP contribution in [-0.4, -0.2) is 13.1 Å². The topological polar surface area (TPSA) is 12.0 Å². The maximum Gasteiger partial charge on any atom is 0.000527 e. The molecule has 0 bridgehead atoms. The second kappa shape index (κ2) is 6.78. The molecule has 0 atom stereocenters. The third-order valence-corrected chi connectivity index (χ3v) is 4.22. The van der Waals surface area contributed by atoms with E-state index in [1.807, 2.05) is 0 Å². The first-order chi connectivity index (χ1) is 7.91. The van der Waals surface area contributed by atoms with Crippen molar-refractivity contribution in [3.8, 4) is 0 Å². The minimum atomic E-state index is 0.572. The summed E-state index contributed by atoms with van der Waals surface area (Å²) in [5.41, 5.74) is 0.572. The second-order valence-electron chi connectivity index (χ2n) is 7.41. The summed E-state index contributed by atoms with van der Waals surface area (Å²) >= 11 is 0. The Balaban J connectivity index is 2.24. The van der Waals surface area contributed by atoms with Crippen molar-refractivity contribution in [1.29, 1.82) is 0 Å². The van der Waals surface area contributed by atoms with E-state index in [2.05, 4.69) is 39.9 Å². The fourth-order valence-corrected chi connectivity index (χ4v) is 3.12. The van der Waals surface area contributed by atoms with E-state index in [0.717, 1.165) is 17.8 Å². The molecule has 1 rings (SSSR count). The Bertz CT molecular complexity index is 200. The first-order valence-corrected chi connectivity index (χ1v) is 7.62. The highest BCUT2D eigenvalue weighted by Gasteiger charge is 2.30. The van der Waals surface area contributed by atoms with Gasteiger partial charge in [-0.2, -0.15) is 0 Å². The quantitative estimate of drug-likeness (QED) is 0.721. The number of rotatable bonds is 6. The minimum Gasteiger partial charge on any atom is -0.316 e. The third-order valence-electron chi connectivity index (χ3n) is 4.22. The number of hydrogen-bond acceptors (Lipinski definition) is 1. The minimum absolute atomic E-state index is 0.572. The molecule has 1 saturated carbocycles. The molecule has 1 fully saturated rings. The van der Waals surface area contributed by atoms with Gasteiger partial charge in [-0.15, -0.1) is 0 Å². The van der Waals surface area contributed by atoms with Gasteiger partial charge in [0.25, 0.3) is 0 Å². The van der Waals surface area contributed by atoms with E-state index in [1.54, 1.807) is 0 Å². The van der Waals surface area contributed by atoms with E-state index in [4.69, 9.17) is 0 Å². The summed E-state index contributed by atoms with van der Waals surface area (Å²) in [5.74, 6) is 2.66. The van der Waals surface area contributed by atoms with E-state index in [-0.39, 0.29) is 0 Å². The highest BCUT2D eigenvalue weighted by molar-refractivity contribution is 4.84. The van der Waals surface area contributed by atoms with Crippen LogP contribution in [0.2, 0.25) is 0 Å². The molecule has 0 aromatic carbocycles. The van der Waals surface area contributed by atoms with Gasteiger partial charge in [-0.1, -0.05) is 34.6 Å². The second-order valence-corrected chi connectivity index (χ2v) is 7.41. The molecule has 0 aromatic rings. The fraction of sp³-hybridized carbons (Fsp3) is 1.00. The van der Waals surface area contributed by atoms with Crippen LogP contribution in [0, 0.1) is 23.2 Å². The molecule has 0 radical (unpaired) electrons. The van der Waals surface area contributed by atoms with Crippen molar-refractivity contribution in [3.05, 3.63) is 0 Å². The molecule has 102 valence electrons. The molecular formula is C16H33N. The first-order valence-electron chi connectivity index (χ1n) is 7.62. The lowest BCUT2D eigenvalue weighted by atomic mass is 9.70. The molecule has 0 saturated heterocycles. The smallest absolute Gasteiger partial charge is 0.000527 e. The molecule has 0 amide bonds. The lowest BCUT2D eigenvalue weighted by molar-refractivity contribution is 0.152. The van der Waals surface area contributed by atoms with E-state index < -0.39 is 0 Å². The van der Waals surface area contributed by atoms with Gasteiger partial charge < -0.3 is 5.32 Å². The van der Waals surface area contributed by atoms with E-state index in [1.165, 1.54) is 45.2 Å². The lowest BCUT2D eigenvalue weighted by Crippen LogP contribution is -2.36. The molecular weight excluding hydrogens is 206 g/mol. The zero-order valence-corrected chi connectivity index (χ0v) is 12.7. The molecule has 1 aliphatic carbocycles. The molecule has 0 spiro atoms. The van der Waals surface area contributed by atoms with Crippen LogP contribution in [-0.2, 0) is 0 Å². The van der Waals surface area contributed by atoms with Crippen LogP contribution in [0.3, 0.4) is 0 Å². The Kier molecular flexibility index (Phi) is 5.99. The van der Waals surface area contributed by atoms with Gasteiger partial charge >= 0.3 is 0 Å². The van der Waals surface area contributed by atoms with Crippen LogP contribution >= 0.6 is 0 Å².